The molecule has 0 amide bonds. The standard InChI is InChI=1S/C21H24N2O2.2ClH/c22-9-1-3-20(24)14-5-7-18-16(11-14)13-17-12-15(6-8-19(17)18)21(25)4-2-10-23;;/h5-8,11-12H,1-4,9-10,13,22-23H2;2*1H. The lowest BCUT2D eigenvalue weighted by Crippen LogP contribution is -2.05. The number of Topliss-reactive ketones (excluding diaryl/α,β-unsaturated/α-hetero) is 2. The highest BCUT2D eigenvalue weighted by Gasteiger charge is 2.21. The minimum absolute atomic E-state index is 0. The van der Waals surface area contributed by atoms with E-state index in [-0.39, 0.29) is 36.4 Å². The third-order valence-corrected chi connectivity index (χ3v) is 4.74. The number of benzene rings is 2. The van der Waals surface area contributed by atoms with Gasteiger partial charge >= 0.3 is 0 Å². The van der Waals surface area contributed by atoms with E-state index >= 15 is 0 Å². The molecule has 0 atom stereocenters. The van der Waals surface area contributed by atoms with Crippen molar-refractivity contribution >= 4 is 36.4 Å². The van der Waals surface area contributed by atoms with E-state index in [1.807, 2.05) is 36.4 Å². The van der Waals surface area contributed by atoms with Crippen LogP contribution in [0.5, 0.6) is 0 Å². The van der Waals surface area contributed by atoms with Gasteiger partial charge in [0, 0.05) is 24.0 Å². The number of fused-ring (bicyclic) bond motifs is 3. The largest absolute Gasteiger partial charge is 0.330 e. The summed E-state index contributed by atoms with van der Waals surface area (Å²) in [6.45, 7) is 1.06. The smallest absolute Gasteiger partial charge is 0.162 e. The first-order chi connectivity index (χ1) is 12.1. The summed E-state index contributed by atoms with van der Waals surface area (Å²) >= 11 is 0. The van der Waals surface area contributed by atoms with Gasteiger partial charge in [-0.05, 0) is 66.7 Å². The minimum Gasteiger partial charge on any atom is -0.330 e. The molecule has 0 fully saturated rings. The molecule has 0 radical (unpaired) electrons. The fraction of sp³-hybridized carbons (Fsp3) is 0.333. The first-order valence-corrected chi connectivity index (χ1v) is 8.87. The third kappa shape index (κ3) is 5.17. The van der Waals surface area contributed by atoms with Crippen molar-refractivity contribution in [3.63, 3.8) is 0 Å². The molecule has 1 aliphatic carbocycles. The van der Waals surface area contributed by atoms with Gasteiger partial charge in [0.05, 0.1) is 0 Å². The third-order valence-electron chi connectivity index (χ3n) is 4.74. The molecule has 0 bridgehead atoms. The zero-order valence-corrected chi connectivity index (χ0v) is 16.8. The van der Waals surface area contributed by atoms with Crippen LogP contribution in [0.15, 0.2) is 36.4 Å². The van der Waals surface area contributed by atoms with Crippen LogP contribution in [0.3, 0.4) is 0 Å². The van der Waals surface area contributed by atoms with Gasteiger partial charge in [0.2, 0.25) is 0 Å². The molecule has 27 heavy (non-hydrogen) atoms. The topological polar surface area (TPSA) is 86.2 Å². The molecular weight excluding hydrogens is 383 g/mol. The summed E-state index contributed by atoms with van der Waals surface area (Å²) in [5.41, 5.74) is 17.1. The van der Waals surface area contributed by atoms with E-state index in [1.54, 1.807) is 0 Å². The van der Waals surface area contributed by atoms with Gasteiger partial charge in [-0.25, -0.2) is 0 Å². The van der Waals surface area contributed by atoms with Gasteiger partial charge in [-0.15, -0.1) is 24.8 Å². The van der Waals surface area contributed by atoms with E-state index in [0.29, 0.717) is 38.8 Å². The summed E-state index contributed by atoms with van der Waals surface area (Å²) < 4.78 is 0. The molecule has 6 heteroatoms. The second-order valence-electron chi connectivity index (χ2n) is 6.55. The zero-order chi connectivity index (χ0) is 17.8. The maximum Gasteiger partial charge on any atom is 0.162 e. The monoisotopic (exact) mass is 408 g/mol. The molecule has 1 aliphatic rings. The maximum atomic E-state index is 12.2. The van der Waals surface area contributed by atoms with Crippen LogP contribution in [0.4, 0.5) is 0 Å². The Kier molecular flexibility index (Phi) is 9.13. The molecule has 0 unspecified atom stereocenters. The Bertz CT molecular complexity index is 754. The van der Waals surface area contributed by atoms with E-state index in [4.69, 9.17) is 11.5 Å². The SMILES string of the molecule is Cl.Cl.NCCCC(=O)c1ccc2c(c1)Cc1cc(C(=O)CCCN)ccc1-2. The summed E-state index contributed by atoms with van der Waals surface area (Å²) in [7, 11) is 0. The highest BCUT2D eigenvalue weighted by molar-refractivity contribution is 5.99. The fourth-order valence-corrected chi connectivity index (χ4v) is 3.37. The minimum atomic E-state index is 0. The van der Waals surface area contributed by atoms with Gasteiger partial charge in [0.25, 0.3) is 0 Å². The molecule has 2 aromatic rings. The molecule has 0 spiro atoms. The quantitative estimate of drug-likeness (QED) is 0.552. The van der Waals surface area contributed by atoms with E-state index < -0.39 is 0 Å². The summed E-state index contributed by atoms with van der Waals surface area (Å²) in [6, 6.07) is 11.8. The number of hydrogen-bond acceptors (Lipinski definition) is 4. The van der Waals surface area contributed by atoms with Gasteiger partial charge < -0.3 is 11.5 Å². The lowest BCUT2D eigenvalue weighted by molar-refractivity contribution is 0.0973. The Morgan fingerprint density at radius 3 is 1.52 bits per heavy atom. The molecule has 2 aromatic carbocycles. The predicted molar refractivity (Wildman–Crippen MR) is 114 cm³/mol. The second kappa shape index (κ2) is 10.6. The van der Waals surface area contributed by atoms with E-state index in [1.165, 1.54) is 0 Å². The van der Waals surface area contributed by atoms with Crippen LogP contribution in [-0.4, -0.2) is 24.7 Å². The number of carbonyl (C=O) groups is 2. The number of ketones is 2. The van der Waals surface area contributed by atoms with Crippen molar-refractivity contribution in [2.24, 2.45) is 11.5 Å². The molecule has 0 saturated heterocycles. The van der Waals surface area contributed by atoms with Gasteiger partial charge in [-0.1, -0.05) is 24.3 Å². The second-order valence-corrected chi connectivity index (χ2v) is 6.55. The molecule has 0 aromatic heterocycles. The van der Waals surface area contributed by atoms with Crippen molar-refractivity contribution in [1.29, 1.82) is 0 Å². The Morgan fingerprint density at radius 1 is 0.741 bits per heavy atom. The van der Waals surface area contributed by atoms with Crippen LogP contribution >= 0.6 is 24.8 Å². The number of carbonyl (C=O) groups excluding carboxylic acids is 2. The van der Waals surface area contributed by atoms with Gasteiger partial charge in [0.1, 0.15) is 0 Å². The molecule has 146 valence electrons. The number of halogens is 2. The highest BCUT2D eigenvalue weighted by atomic mass is 35.5. The van der Waals surface area contributed by atoms with E-state index in [0.717, 1.165) is 39.8 Å². The van der Waals surface area contributed by atoms with Crippen LogP contribution in [0.25, 0.3) is 11.1 Å². The number of rotatable bonds is 8. The van der Waals surface area contributed by atoms with Crippen LogP contribution in [0, 0.1) is 0 Å². The van der Waals surface area contributed by atoms with Crippen molar-refractivity contribution in [3.8, 4) is 11.1 Å². The predicted octanol–water partition coefficient (Wildman–Crippen LogP) is 3.94. The Labute approximate surface area is 172 Å². The summed E-state index contributed by atoms with van der Waals surface area (Å²) in [5, 5.41) is 0. The Balaban J connectivity index is 0.00000182. The summed E-state index contributed by atoms with van der Waals surface area (Å²) in [5.74, 6) is 0.281. The first-order valence-electron chi connectivity index (χ1n) is 8.87. The molecule has 4 nitrogen and oxygen atoms in total. The molecule has 0 saturated carbocycles. The van der Waals surface area contributed by atoms with Crippen LogP contribution < -0.4 is 11.5 Å². The summed E-state index contributed by atoms with van der Waals surface area (Å²) in [4.78, 5) is 24.4. The molecular formula is C21H26Cl2N2O2. The Morgan fingerprint density at radius 2 is 1.15 bits per heavy atom. The average Bonchev–Trinajstić information content (AvgIpc) is 3.00. The Hall–Kier alpha value is -1.72. The zero-order valence-electron chi connectivity index (χ0n) is 15.2. The van der Waals surface area contributed by atoms with Crippen molar-refractivity contribution in [2.45, 2.75) is 32.1 Å². The number of hydrogen-bond donors (Lipinski definition) is 2. The van der Waals surface area contributed by atoms with E-state index in [2.05, 4.69) is 0 Å². The molecule has 4 N–H and O–H groups in total. The van der Waals surface area contributed by atoms with Crippen LogP contribution in [0.2, 0.25) is 0 Å². The van der Waals surface area contributed by atoms with Gasteiger partial charge in [-0.2, -0.15) is 0 Å². The van der Waals surface area contributed by atoms with Crippen LogP contribution in [0.1, 0.15) is 57.5 Å². The normalized spacial score (nSPS) is 11.0. The van der Waals surface area contributed by atoms with Crippen molar-refractivity contribution < 1.29 is 9.59 Å². The number of nitrogens with two attached hydrogens (primary N) is 2. The molecule has 0 aliphatic heterocycles. The lowest BCUT2D eigenvalue weighted by Gasteiger charge is -2.05. The van der Waals surface area contributed by atoms with Crippen molar-refractivity contribution in [1.82, 2.24) is 0 Å². The van der Waals surface area contributed by atoms with Gasteiger partial charge in [-0.3, -0.25) is 9.59 Å². The maximum absolute atomic E-state index is 12.2. The van der Waals surface area contributed by atoms with Crippen molar-refractivity contribution in [3.05, 3.63) is 58.7 Å². The molecule has 3 rings (SSSR count). The van der Waals surface area contributed by atoms with Gasteiger partial charge in [0.15, 0.2) is 11.6 Å². The fourth-order valence-electron chi connectivity index (χ4n) is 3.37. The first kappa shape index (κ1) is 23.3. The average molecular weight is 409 g/mol. The summed E-state index contributed by atoms with van der Waals surface area (Å²) in [6.07, 6.45) is 3.17. The van der Waals surface area contributed by atoms with Crippen molar-refractivity contribution in [2.75, 3.05) is 13.1 Å². The molecule has 0 heterocycles. The van der Waals surface area contributed by atoms with Crippen LogP contribution in [-0.2, 0) is 6.42 Å². The lowest BCUT2D eigenvalue weighted by atomic mass is 9.98. The highest BCUT2D eigenvalue weighted by Crippen LogP contribution is 2.37. The van der Waals surface area contributed by atoms with E-state index in [9.17, 15) is 9.59 Å².